The molecular weight excluding hydrogens is 88.0 g/mol. The van der Waals surface area contributed by atoms with E-state index in [4.69, 9.17) is 5.73 Å². The van der Waals surface area contributed by atoms with Gasteiger partial charge >= 0.3 is 0 Å². The zero-order chi connectivity index (χ0) is 4.99. The molecule has 0 radical (unpaired) electrons. The summed E-state index contributed by atoms with van der Waals surface area (Å²) >= 11 is 0. The van der Waals surface area contributed by atoms with Crippen molar-refractivity contribution in [2.24, 2.45) is 5.73 Å². The molecule has 0 unspecified atom stereocenters. The molecule has 0 atom stereocenters. The summed E-state index contributed by atoms with van der Waals surface area (Å²) in [5.41, 5.74) is 4.72. The standard InChI is InChI=1S/C3H7F2N/c4-1-3(6)2-5/h3H,1-2,6H2. The van der Waals surface area contributed by atoms with E-state index in [-0.39, 0.29) is 0 Å². The van der Waals surface area contributed by atoms with Gasteiger partial charge in [-0.2, -0.15) is 0 Å². The summed E-state index contributed by atoms with van der Waals surface area (Å²) in [7, 11) is 0. The van der Waals surface area contributed by atoms with Crippen LogP contribution in [0.3, 0.4) is 0 Å². The lowest BCUT2D eigenvalue weighted by Crippen LogP contribution is -2.23. The fraction of sp³-hybridized carbons (Fsp3) is 1.00. The molecule has 6 heavy (non-hydrogen) atoms. The van der Waals surface area contributed by atoms with Crippen molar-refractivity contribution in [3.8, 4) is 0 Å². The summed E-state index contributed by atoms with van der Waals surface area (Å²) in [5, 5.41) is 0. The number of nitrogens with two attached hydrogens (primary N) is 1. The van der Waals surface area contributed by atoms with E-state index in [2.05, 4.69) is 0 Å². The lowest BCUT2D eigenvalue weighted by Gasteiger charge is -1.94. The van der Waals surface area contributed by atoms with E-state index in [9.17, 15) is 8.78 Å². The third-order valence-corrected chi connectivity index (χ3v) is 0.396. The molecule has 0 aliphatic rings. The lowest BCUT2D eigenvalue weighted by atomic mass is 10.4. The SMILES string of the molecule is NC(CF)CF. The second kappa shape index (κ2) is 3.03. The second-order valence-corrected chi connectivity index (χ2v) is 1.07. The Labute approximate surface area is 35.1 Å². The minimum Gasteiger partial charge on any atom is -0.323 e. The van der Waals surface area contributed by atoms with Crippen LogP contribution >= 0.6 is 0 Å². The quantitative estimate of drug-likeness (QED) is 0.522. The summed E-state index contributed by atoms with van der Waals surface area (Å²) in [6.07, 6.45) is 0. The van der Waals surface area contributed by atoms with Crippen molar-refractivity contribution >= 4 is 0 Å². The first-order valence-corrected chi connectivity index (χ1v) is 1.68. The van der Waals surface area contributed by atoms with Crippen molar-refractivity contribution < 1.29 is 8.78 Å². The monoisotopic (exact) mass is 95.1 g/mol. The molecule has 0 bridgehead atoms. The third-order valence-electron chi connectivity index (χ3n) is 0.396. The predicted octanol–water partition coefficient (Wildman–Crippen LogP) is 0.253. The molecule has 0 fully saturated rings. The molecule has 0 saturated carbocycles. The van der Waals surface area contributed by atoms with E-state index < -0.39 is 19.4 Å². The summed E-state index contributed by atoms with van der Waals surface area (Å²) in [6, 6.07) is -0.898. The number of hydrogen-bond donors (Lipinski definition) is 1. The van der Waals surface area contributed by atoms with Crippen LogP contribution in [-0.4, -0.2) is 19.4 Å². The van der Waals surface area contributed by atoms with Crippen LogP contribution < -0.4 is 5.73 Å². The maximum Gasteiger partial charge on any atom is 0.107 e. The first-order valence-electron chi connectivity index (χ1n) is 1.68. The summed E-state index contributed by atoms with van der Waals surface area (Å²) in [5.74, 6) is 0. The zero-order valence-corrected chi connectivity index (χ0v) is 3.32. The lowest BCUT2D eigenvalue weighted by molar-refractivity contribution is 0.353. The third kappa shape index (κ3) is 2.08. The molecule has 0 heterocycles. The summed E-state index contributed by atoms with van der Waals surface area (Å²) in [4.78, 5) is 0. The van der Waals surface area contributed by atoms with E-state index in [0.29, 0.717) is 0 Å². The van der Waals surface area contributed by atoms with Crippen molar-refractivity contribution in [2.45, 2.75) is 6.04 Å². The Morgan fingerprint density at radius 2 is 1.67 bits per heavy atom. The molecule has 0 aliphatic carbocycles. The maximum atomic E-state index is 11.0. The highest BCUT2D eigenvalue weighted by Gasteiger charge is 1.95. The highest BCUT2D eigenvalue weighted by Crippen LogP contribution is 1.77. The molecule has 0 aromatic carbocycles. The molecule has 38 valence electrons. The van der Waals surface area contributed by atoms with Gasteiger partial charge in [-0.15, -0.1) is 0 Å². The molecule has 2 N–H and O–H groups in total. The van der Waals surface area contributed by atoms with Gasteiger partial charge in [-0.25, -0.2) is 8.78 Å². The fourth-order valence-electron chi connectivity index (χ4n) is 0.0412. The number of hydrogen-bond acceptors (Lipinski definition) is 1. The van der Waals surface area contributed by atoms with E-state index in [0.717, 1.165) is 0 Å². The van der Waals surface area contributed by atoms with E-state index >= 15 is 0 Å². The number of rotatable bonds is 2. The second-order valence-electron chi connectivity index (χ2n) is 1.07. The Bertz CT molecular complexity index is 28.0. The molecule has 0 aliphatic heterocycles. The maximum absolute atomic E-state index is 11.0. The fourth-order valence-corrected chi connectivity index (χ4v) is 0.0412. The average Bonchev–Trinajstić information content (AvgIpc) is 1.65. The Hall–Kier alpha value is -0.180. The molecule has 1 nitrogen and oxygen atoms in total. The minimum absolute atomic E-state index is 0.767. The van der Waals surface area contributed by atoms with Gasteiger partial charge in [0.25, 0.3) is 0 Å². The van der Waals surface area contributed by atoms with E-state index in [1.165, 1.54) is 0 Å². The van der Waals surface area contributed by atoms with Crippen LogP contribution in [0, 0.1) is 0 Å². The van der Waals surface area contributed by atoms with Crippen LogP contribution in [0.15, 0.2) is 0 Å². The van der Waals surface area contributed by atoms with Gasteiger partial charge in [0, 0.05) is 0 Å². The van der Waals surface area contributed by atoms with Crippen molar-refractivity contribution in [1.82, 2.24) is 0 Å². The molecule has 0 spiro atoms. The molecule has 0 aromatic heterocycles. The highest BCUT2D eigenvalue weighted by molar-refractivity contribution is 4.53. The predicted molar refractivity (Wildman–Crippen MR) is 19.9 cm³/mol. The molecule has 0 rings (SSSR count). The molecule has 0 saturated heterocycles. The van der Waals surface area contributed by atoms with Crippen LogP contribution in [0.4, 0.5) is 8.78 Å². The van der Waals surface area contributed by atoms with Gasteiger partial charge in [0.05, 0.1) is 6.04 Å². The van der Waals surface area contributed by atoms with Crippen LogP contribution in [0.2, 0.25) is 0 Å². The molecule has 0 aromatic rings. The Morgan fingerprint density at radius 1 is 1.33 bits per heavy atom. The Balaban J connectivity index is 2.75. The van der Waals surface area contributed by atoms with Gasteiger partial charge < -0.3 is 5.73 Å². The van der Waals surface area contributed by atoms with Gasteiger partial charge in [0.1, 0.15) is 13.3 Å². The van der Waals surface area contributed by atoms with Crippen molar-refractivity contribution in [3.05, 3.63) is 0 Å². The molecular formula is C3H7F2N. The highest BCUT2D eigenvalue weighted by atomic mass is 19.1. The van der Waals surface area contributed by atoms with Crippen molar-refractivity contribution in [3.63, 3.8) is 0 Å². The largest absolute Gasteiger partial charge is 0.323 e. The Kier molecular flexibility index (Phi) is 2.94. The smallest absolute Gasteiger partial charge is 0.107 e. The first kappa shape index (κ1) is 5.82. The zero-order valence-electron chi connectivity index (χ0n) is 3.32. The van der Waals surface area contributed by atoms with Gasteiger partial charge in [0.15, 0.2) is 0 Å². The van der Waals surface area contributed by atoms with Gasteiger partial charge in [0.2, 0.25) is 0 Å². The van der Waals surface area contributed by atoms with Crippen molar-refractivity contribution in [2.75, 3.05) is 13.3 Å². The van der Waals surface area contributed by atoms with Gasteiger partial charge in [-0.3, -0.25) is 0 Å². The van der Waals surface area contributed by atoms with Crippen LogP contribution in [0.5, 0.6) is 0 Å². The summed E-state index contributed by atoms with van der Waals surface area (Å²) < 4.78 is 22.0. The van der Waals surface area contributed by atoms with Crippen LogP contribution in [0.25, 0.3) is 0 Å². The van der Waals surface area contributed by atoms with Crippen LogP contribution in [0.1, 0.15) is 0 Å². The minimum atomic E-state index is -0.898. The average molecular weight is 95.1 g/mol. The number of alkyl halides is 2. The van der Waals surface area contributed by atoms with Crippen LogP contribution in [-0.2, 0) is 0 Å². The van der Waals surface area contributed by atoms with Crippen molar-refractivity contribution in [1.29, 1.82) is 0 Å². The van der Waals surface area contributed by atoms with E-state index in [1.807, 2.05) is 0 Å². The first-order chi connectivity index (χ1) is 2.81. The van der Waals surface area contributed by atoms with E-state index in [1.54, 1.807) is 0 Å². The van der Waals surface area contributed by atoms with Gasteiger partial charge in [-0.05, 0) is 0 Å². The Morgan fingerprint density at radius 3 is 1.67 bits per heavy atom. The summed E-state index contributed by atoms with van der Waals surface area (Å²) in [6.45, 7) is -1.53. The molecule has 0 amide bonds. The normalized spacial score (nSPS) is 10.0. The number of halogens is 2. The van der Waals surface area contributed by atoms with Gasteiger partial charge in [-0.1, -0.05) is 0 Å². The topological polar surface area (TPSA) is 26.0 Å². The molecule has 3 heteroatoms.